The van der Waals surface area contributed by atoms with Gasteiger partial charge < -0.3 is 4.90 Å². The number of nitrogens with zero attached hydrogens (tertiary/aromatic N) is 5. The first kappa shape index (κ1) is 15.8. The van der Waals surface area contributed by atoms with Crippen molar-refractivity contribution in [3.63, 3.8) is 0 Å². The maximum atomic E-state index is 12.8. The summed E-state index contributed by atoms with van der Waals surface area (Å²) in [5, 5.41) is 4.45. The third kappa shape index (κ3) is 3.14. The highest BCUT2D eigenvalue weighted by molar-refractivity contribution is 5.80. The molecule has 3 heterocycles. The van der Waals surface area contributed by atoms with Crippen LogP contribution in [0.25, 0.3) is 5.82 Å². The third-order valence-corrected chi connectivity index (χ3v) is 5.02. The molecule has 25 heavy (non-hydrogen) atoms. The lowest BCUT2D eigenvalue weighted by Crippen LogP contribution is -2.43. The molecule has 0 N–H and O–H groups in total. The van der Waals surface area contributed by atoms with Gasteiger partial charge in [-0.25, -0.2) is 9.67 Å². The molecule has 2 aliphatic rings. The first-order valence-electron chi connectivity index (χ1n) is 8.74. The van der Waals surface area contributed by atoms with Gasteiger partial charge in [0.05, 0.1) is 12.6 Å². The summed E-state index contributed by atoms with van der Waals surface area (Å²) in [5.41, 5.74) is -0.148. The largest absolute Gasteiger partial charge is 0.338 e. The van der Waals surface area contributed by atoms with E-state index in [1.165, 1.54) is 10.7 Å². The van der Waals surface area contributed by atoms with Crippen LogP contribution in [0, 0.1) is 5.92 Å². The Labute approximate surface area is 145 Å². The molecule has 0 aromatic carbocycles. The van der Waals surface area contributed by atoms with Gasteiger partial charge in [-0.3, -0.25) is 14.2 Å². The van der Waals surface area contributed by atoms with Crippen molar-refractivity contribution in [2.45, 2.75) is 38.3 Å². The predicted molar refractivity (Wildman–Crippen MR) is 92.2 cm³/mol. The molecule has 1 unspecified atom stereocenters. The van der Waals surface area contributed by atoms with E-state index in [4.69, 9.17) is 0 Å². The van der Waals surface area contributed by atoms with E-state index in [-0.39, 0.29) is 23.4 Å². The minimum absolute atomic E-state index is 0.0383. The molecule has 130 valence electrons. The lowest BCUT2D eigenvalue weighted by Gasteiger charge is -2.27. The average molecular weight is 339 g/mol. The predicted octanol–water partition coefficient (Wildman–Crippen LogP) is 1.39. The monoisotopic (exact) mass is 339 g/mol. The zero-order valence-electron chi connectivity index (χ0n) is 14.0. The van der Waals surface area contributed by atoms with Gasteiger partial charge in [-0.05, 0) is 31.7 Å². The molecule has 4 rings (SSSR count). The molecule has 7 heteroatoms. The van der Waals surface area contributed by atoms with E-state index < -0.39 is 0 Å². The van der Waals surface area contributed by atoms with Crippen LogP contribution in [0.3, 0.4) is 0 Å². The van der Waals surface area contributed by atoms with Gasteiger partial charge >= 0.3 is 0 Å². The molecule has 1 aliphatic carbocycles. The quantitative estimate of drug-likeness (QED) is 0.789. The molecule has 7 nitrogen and oxygen atoms in total. The number of aromatic nitrogens is 4. The van der Waals surface area contributed by atoms with Crippen molar-refractivity contribution < 1.29 is 4.79 Å². The Balaban J connectivity index is 1.53. The Bertz CT molecular complexity index is 831. The number of allylic oxidation sites excluding steroid dienone is 2. The lowest BCUT2D eigenvalue weighted by molar-refractivity contribution is -0.136. The first-order valence-corrected chi connectivity index (χ1v) is 8.74. The van der Waals surface area contributed by atoms with Gasteiger partial charge in [-0.15, -0.1) is 0 Å². The maximum Gasteiger partial charge on any atom is 0.266 e. The van der Waals surface area contributed by atoms with Crippen molar-refractivity contribution in [2.75, 3.05) is 6.54 Å². The molecule has 1 amide bonds. The standard InChI is InChI=1S/C18H21N5O2/c24-17-8-7-16(21-11-9-19-13-21)20-23(17)12-15-6-3-10-22(15)18(25)14-4-1-2-5-14/h1-2,7-9,11,13-15H,3-6,10,12H2. The van der Waals surface area contributed by atoms with Crippen molar-refractivity contribution >= 4 is 5.91 Å². The topological polar surface area (TPSA) is 73.0 Å². The normalized spacial score (nSPS) is 20.5. The van der Waals surface area contributed by atoms with Gasteiger partial charge in [0, 0.05) is 30.9 Å². The van der Waals surface area contributed by atoms with Crippen molar-refractivity contribution in [1.29, 1.82) is 0 Å². The highest BCUT2D eigenvalue weighted by atomic mass is 16.2. The third-order valence-electron chi connectivity index (χ3n) is 5.02. The molecular weight excluding hydrogens is 318 g/mol. The van der Waals surface area contributed by atoms with Crippen LogP contribution < -0.4 is 5.56 Å². The molecule has 0 bridgehead atoms. The fraction of sp³-hybridized carbons (Fsp3) is 0.444. The summed E-state index contributed by atoms with van der Waals surface area (Å²) in [7, 11) is 0. The summed E-state index contributed by atoms with van der Waals surface area (Å²) in [5.74, 6) is 0.932. The van der Waals surface area contributed by atoms with Crippen molar-refractivity contribution in [3.05, 3.63) is 53.4 Å². The summed E-state index contributed by atoms with van der Waals surface area (Å²) < 4.78 is 3.23. The van der Waals surface area contributed by atoms with Gasteiger partial charge in [0.2, 0.25) is 5.91 Å². The fourth-order valence-electron chi connectivity index (χ4n) is 3.67. The fourth-order valence-corrected chi connectivity index (χ4v) is 3.67. The van der Waals surface area contributed by atoms with E-state index in [1.54, 1.807) is 29.4 Å². The first-order chi connectivity index (χ1) is 12.2. The zero-order chi connectivity index (χ0) is 17.2. The number of imidazole rings is 1. The molecule has 2 aromatic heterocycles. The van der Waals surface area contributed by atoms with E-state index in [0.717, 1.165) is 32.2 Å². The van der Waals surface area contributed by atoms with Crippen LogP contribution >= 0.6 is 0 Å². The summed E-state index contributed by atoms with van der Waals surface area (Å²) in [4.78, 5) is 30.9. The van der Waals surface area contributed by atoms with Crippen molar-refractivity contribution in [3.8, 4) is 5.82 Å². The molecular formula is C18H21N5O2. The van der Waals surface area contributed by atoms with Crippen molar-refractivity contribution in [1.82, 2.24) is 24.2 Å². The SMILES string of the molecule is O=C(C1CC=CC1)N1CCCC1Cn1nc(-n2ccnc2)ccc1=O. The zero-order valence-corrected chi connectivity index (χ0v) is 14.0. The summed E-state index contributed by atoms with van der Waals surface area (Å²) >= 11 is 0. The average Bonchev–Trinajstić information content (AvgIpc) is 3.38. The van der Waals surface area contributed by atoms with E-state index in [2.05, 4.69) is 22.2 Å². The second-order valence-electron chi connectivity index (χ2n) is 6.65. The lowest BCUT2D eigenvalue weighted by atomic mass is 10.1. The molecule has 2 aromatic rings. The summed E-state index contributed by atoms with van der Waals surface area (Å²) in [6.45, 7) is 1.21. The number of rotatable bonds is 4. The number of likely N-dealkylation sites (tertiary alicyclic amines) is 1. The molecule has 1 atom stereocenters. The van der Waals surface area contributed by atoms with E-state index in [1.807, 2.05) is 4.90 Å². The van der Waals surface area contributed by atoms with E-state index in [0.29, 0.717) is 12.4 Å². The van der Waals surface area contributed by atoms with Crippen molar-refractivity contribution in [2.24, 2.45) is 5.92 Å². The number of carbonyl (C=O) groups is 1. The molecule has 0 radical (unpaired) electrons. The number of hydrogen-bond donors (Lipinski definition) is 0. The number of carbonyl (C=O) groups excluding carboxylic acids is 1. The highest BCUT2D eigenvalue weighted by Gasteiger charge is 2.33. The second kappa shape index (κ2) is 6.66. The Morgan fingerprint density at radius 3 is 2.84 bits per heavy atom. The maximum absolute atomic E-state index is 12.8. The van der Waals surface area contributed by atoms with Crippen LogP contribution in [0.15, 0.2) is 47.8 Å². The smallest absolute Gasteiger partial charge is 0.266 e. The Kier molecular flexibility index (Phi) is 4.21. The van der Waals surface area contributed by atoms with Gasteiger partial charge in [0.1, 0.15) is 6.33 Å². The Morgan fingerprint density at radius 1 is 1.24 bits per heavy atom. The van der Waals surface area contributed by atoms with Crippen LogP contribution in [0.5, 0.6) is 0 Å². The van der Waals surface area contributed by atoms with Gasteiger partial charge in [0.25, 0.3) is 5.56 Å². The molecule has 1 saturated heterocycles. The van der Waals surface area contributed by atoms with E-state index in [9.17, 15) is 9.59 Å². The highest BCUT2D eigenvalue weighted by Crippen LogP contribution is 2.26. The Morgan fingerprint density at radius 2 is 2.08 bits per heavy atom. The van der Waals surface area contributed by atoms with Crippen LogP contribution in [0.1, 0.15) is 25.7 Å². The molecule has 0 saturated carbocycles. The summed E-state index contributed by atoms with van der Waals surface area (Å²) in [6, 6.07) is 3.24. The van der Waals surface area contributed by atoms with Gasteiger partial charge in [-0.2, -0.15) is 5.10 Å². The minimum Gasteiger partial charge on any atom is -0.338 e. The number of amides is 1. The van der Waals surface area contributed by atoms with Crippen LogP contribution in [0.2, 0.25) is 0 Å². The van der Waals surface area contributed by atoms with Crippen LogP contribution in [0.4, 0.5) is 0 Å². The van der Waals surface area contributed by atoms with Gasteiger partial charge in [-0.1, -0.05) is 12.2 Å². The Hall–Kier alpha value is -2.70. The van der Waals surface area contributed by atoms with Crippen LogP contribution in [-0.2, 0) is 11.3 Å². The second-order valence-corrected chi connectivity index (χ2v) is 6.65. The summed E-state index contributed by atoms with van der Waals surface area (Å²) in [6.07, 6.45) is 12.8. The van der Waals surface area contributed by atoms with Gasteiger partial charge in [0.15, 0.2) is 5.82 Å². The molecule has 0 spiro atoms. The van der Waals surface area contributed by atoms with E-state index >= 15 is 0 Å². The number of hydrogen-bond acceptors (Lipinski definition) is 4. The molecule has 1 fully saturated rings. The minimum atomic E-state index is -0.148. The van der Waals surface area contributed by atoms with Crippen LogP contribution in [-0.4, -0.2) is 42.7 Å². The molecule has 1 aliphatic heterocycles.